The molecule has 2 nitrogen and oxygen atoms in total. The molecular formula is C13H21NOS. The first-order chi connectivity index (χ1) is 7.77. The molecule has 1 aromatic carbocycles. The zero-order valence-corrected chi connectivity index (χ0v) is 10.8. The highest BCUT2D eigenvalue weighted by Gasteiger charge is 2.12. The third-order valence-corrected chi connectivity index (χ3v) is 3.37. The molecule has 0 spiro atoms. The van der Waals surface area contributed by atoms with Crippen LogP contribution in [0.4, 0.5) is 0 Å². The number of aliphatic hydroxyl groups is 1. The summed E-state index contributed by atoms with van der Waals surface area (Å²) in [6.45, 7) is 2.42. The monoisotopic (exact) mass is 239 g/mol. The van der Waals surface area contributed by atoms with Crippen molar-refractivity contribution in [3.8, 4) is 0 Å². The summed E-state index contributed by atoms with van der Waals surface area (Å²) in [5, 5.41) is 12.6. The number of thioether (sulfide) groups is 1. The molecule has 0 amide bonds. The van der Waals surface area contributed by atoms with Gasteiger partial charge in [-0.25, -0.2) is 0 Å². The molecule has 3 heteroatoms. The van der Waals surface area contributed by atoms with Gasteiger partial charge in [-0.3, -0.25) is 0 Å². The van der Waals surface area contributed by atoms with Gasteiger partial charge in [-0.2, -0.15) is 11.8 Å². The molecule has 0 aliphatic carbocycles. The van der Waals surface area contributed by atoms with Crippen LogP contribution >= 0.6 is 11.8 Å². The van der Waals surface area contributed by atoms with Gasteiger partial charge in [0.05, 0.1) is 0 Å². The van der Waals surface area contributed by atoms with Crippen LogP contribution in [-0.4, -0.2) is 29.8 Å². The third-order valence-electron chi connectivity index (χ3n) is 2.63. The van der Waals surface area contributed by atoms with E-state index >= 15 is 0 Å². The number of hydrogen-bond acceptors (Lipinski definition) is 3. The Morgan fingerprint density at radius 1 is 1.31 bits per heavy atom. The lowest BCUT2D eigenvalue weighted by Gasteiger charge is -2.22. The summed E-state index contributed by atoms with van der Waals surface area (Å²) in [5.74, 6) is 1.04. The fraction of sp³-hybridized carbons (Fsp3) is 0.538. The Morgan fingerprint density at radius 3 is 2.56 bits per heavy atom. The summed E-state index contributed by atoms with van der Waals surface area (Å²) in [5.41, 5.74) is 1.30. The third kappa shape index (κ3) is 4.56. The largest absolute Gasteiger partial charge is 0.396 e. The minimum Gasteiger partial charge on any atom is -0.396 e. The summed E-state index contributed by atoms with van der Waals surface area (Å²) in [6, 6.07) is 11.1. The van der Waals surface area contributed by atoms with Gasteiger partial charge in [-0.1, -0.05) is 30.3 Å². The predicted molar refractivity (Wildman–Crippen MR) is 71.9 cm³/mol. The number of hydrogen-bond donors (Lipinski definition) is 2. The van der Waals surface area contributed by atoms with Crippen LogP contribution < -0.4 is 5.32 Å². The predicted octanol–water partition coefficient (Wildman–Crippen LogP) is 2.45. The maximum absolute atomic E-state index is 9.00. The van der Waals surface area contributed by atoms with Crippen molar-refractivity contribution >= 4 is 11.8 Å². The molecule has 0 saturated heterocycles. The Bertz CT molecular complexity index is 273. The number of rotatable bonds is 7. The van der Waals surface area contributed by atoms with Crippen LogP contribution in [0.1, 0.15) is 24.9 Å². The van der Waals surface area contributed by atoms with Crippen molar-refractivity contribution < 1.29 is 5.11 Å². The molecule has 2 N–H and O–H groups in total. The fourth-order valence-electron chi connectivity index (χ4n) is 1.76. The van der Waals surface area contributed by atoms with Crippen molar-refractivity contribution in [3.05, 3.63) is 35.9 Å². The average molecular weight is 239 g/mol. The van der Waals surface area contributed by atoms with Crippen LogP contribution in [0.25, 0.3) is 0 Å². The highest BCUT2D eigenvalue weighted by atomic mass is 32.2. The van der Waals surface area contributed by atoms with Gasteiger partial charge in [0.2, 0.25) is 0 Å². The first-order valence-corrected chi connectivity index (χ1v) is 7.08. The lowest BCUT2D eigenvalue weighted by atomic mass is 10.1. The zero-order valence-electron chi connectivity index (χ0n) is 10.0. The molecule has 0 heterocycles. The lowest BCUT2D eigenvalue weighted by Crippen LogP contribution is -2.34. The Balaban J connectivity index is 2.50. The van der Waals surface area contributed by atoms with Crippen LogP contribution in [0, 0.1) is 0 Å². The second kappa shape index (κ2) is 7.71. The van der Waals surface area contributed by atoms with Gasteiger partial charge in [-0.05, 0) is 25.2 Å². The van der Waals surface area contributed by atoms with Gasteiger partial charge < -0.3 is 10.4 Å². The van der Waals surface area contributed by atoms with Gasteiger partial charge in [0.25, 0.3) is 0 Å². The molecule has 0 saturated carbocycles. The van der Waals surface area contributed by atoms with E-state index in [-0.39, 0.29) is 6.61 Å². The molecule has 1 rings (SSSR count). The molecule has 0 radical (unpaired) electrons. The van der Waals surface area contributed by atoms with Gasteiger partial charge >= 0.3 is 0 Å². The average Bonchev–Trinajstić information content (AvgIpc) is 2.31. The Morgan fingerprint density at radius 2 is 2.00 bits per heavy atom. The van der Waals surface area contributed by atoms with E-state index in [1.165, 1.54) is 5.56 Å². The molecule has 2 atom stereocenters. The van der Waals surface area contributed by atoms with Crippen LogP contribution in [0.15, 0.2) is 30.3 Å². The van der Waals surface area contributed by atoms with Gasteiger partial charge in [-0.15, -0.1) is 0 Å². The van der Waals surface area contributed by atoms with Crippen LogP contribution in [0.2, 0.25) is 0 Å². The Kier molecular flexibility index (Phi) is 6.53. The molecule has 0 aromatic heterocycles. The van der Waals surface area contributed by atoms with Crippen molar-refractivity contribution in [1.29, 1.82) is 0 Å². The highest BCUT2D eigenvalue weighted by Crippen LogP contribution is 2.14. The van der Waals surface area contributed by atoms with Crippen LogP contribution in [0.3, 0.4) is 0 Å². The van der Waals surface area contributed by atoms with E-state index in [9.17, 15) is 0 Å². The Labute approximate surface area is 102 Å². The molecule has 0 aliphatic heterocycles. The number of nitrogens with one attached hydrogen (secondary N) is 1. The lowest BCUT2D eigenvalue weighted by molar-refractivity contribution is 0.265. The number of aliphatic hydroxyl groups excluding tert-OH is 1. The first-order valence-electron chi connectivity index (χ1n) is 5.68. The molecule has 0 aliphatic rings. The van der Waals surface area contributed by atoms with Gasteiger partial charge in [0.15, 0.2) is 0 Å². The van der Waals surface area contributed by atoms with E-state index in [0.717, 1.165) is 12.2 Å². The van der Waals surface area contributed by atoms with E-state index in [2.05, 4.69) is 42.8 Å². The summed E-state index contributed by atoms with van der Waals surface area (Å²) in [6.07, 6.45) is 2.91. The second-order valence-corrected chi connectivity index (χ2v) is 4.87. The van der Waals surface area contributed by atoms with E-state index < -0.39 is 0 Å². The zero-order chi connectivity index (χ0) is 11.8. The summed E-state index contributed by atoms with van der Waals surface area (Å²) in [4.78, 5) is 0. The van der Waals surface area contributed by atoms with Crippen molar-refractivity contribution in [3.63, 3.8) is 0 Å². The van der Waals surface area contributed by atoms with E-state index in [1.807, 2.05) is 17.8 Å². The van der Waals surface area contributed by atoms with Gasteiger partial charge in [0.1, 0.15) is 0 Å². The highest BCUT2D eigenvalue weighted by molar-refractivity contribution is 7.98. The molecule has 0 fully saturated rings. The van der Waals surface area contributed by atoms with Gasteiger partial charge in [0, 0.05) is 24.4 Å². The van der Waals surface area contributed by atoms with E-state index in [1.54, 1.807) is 0 Å². The molecule has 0 bridgehead atoms. The van der Waals surface area contributed by atoms with E-state index in [4.69, 9.17) is 5.11 Å². The molecular weight excluding hydrogens is 218 g/mol. The van der Waals surface area contributed by atoms with Crippen LogP contribution in [0.5, 0.6) is 0 Å². The van der Waals surface area contributed by atoms with Crippen molar-refractivity contribution in [2.75, 3.05) is 18.6 Å². The normalized spacial score (nSPS) is 14.7. The first kappa shape index (κ1) is 13.6. The maximum atomic E-state index is 9.00. The maximum Gasteiger partial charge on any atom is 0.0446 e. The molecule has 90 valence electrons. The SMILES string of the molecule is CSCC(CCO)NC(C)c1ccccc1. The quantitative estimate of drug-likeness (QED) is 0.766. The summed E-state index contributed by atoms with van der Waals surface area (Å²) < 4.78 is 0. The topological polar surface area (TPSA) is 32.3 Å². The standard InChI is InChI=1S/C13H21NOS/c1-11(12-6-4-3-5-7-12)14-13(8-9-15)10-16-2/h3-7,11,13-15H,8-10H2,1-2H3. The summed E-state index contributed by atoms with van der Waals surface area (Å²) >= 11 is 1.81. The van der Waals surface area contributed by atoms with Crippen molar-refractivity contribution in [2.24, 2.45) is 0 Å². The molecule has 1 aromatic rings. The summed E-state index contributed by atoms with van der Waals surface area (Å²) in [7, 11) is 0. The smallest absolute Gasteiger partial charge is 0.0446 e. The molecule has 16 heavy (non-hydrogen) atoms. The van der Waals surface area contributed by atoms with Crippen molar-refractivity contribution in [1.82, 2.24) is 5.32 Å². The van der Waals surface area contributed by atoms with Crippen molar-refractivity contribution in [2.45, 2.75) is 25.4 Å². The minimum atomic E-state index is 0.250. The van der Waals surface area contributed by atoms with Crippen LogP contribution in [-0.2, 0) is 0 Å². The number of benzene rings is 1. The fourth-order valence-corrected chi connectivity index (χ4v) is 2.43. The Hall–Kier alpha value is -0.510. The second-order valence-electron chi connectivity index (χ2n) is 3.96. The minimum absolute atomic E-state index is 0.250. The molecule has 2 unspecified atom stereocenters. The van der Waals surface area contributed by atoms with E-state index in [0.29, 0.717) is 12.1 Å².